The van der Waals surface area contributed by atoms with Crippen molar-refractivity contribution in [2.24, 2.45) is 0 Å². The molecule has 0 aliphatic carbocycles. The Bertz CT molecular complexity index is 992. The van der Waals surface area contributed by atoms with Crippen LogP contribution in [0.15, 0.2) is 48.5 Å². The molecule has 1 saturated heterocycles. The first-order valence-electron chi connectivity index (χ1n) is 9.36. The molecule has 0 unspecified atom stereocenters. The molecule has 3 atom stereocenters. The summed E-state index contributed by atoms with van der Waals surface area (Å²) in [5.74, 6) is -1.37. The van der Waals surface area contributed by atoms with Crippen molar-refractivity contribution in [3.63, 3.8) is 0 Å². The molecule has 1 aliphatic rings. The summed E-state index contributed by atoms with van der Waals surface area (Å²) < 4.78 is 28.2. The van der Waals surface area contributed by atoms with Crippen molar-refractivity contribution in [2.45, 2.75) is 49.9 Å². The molecule has 0 radical (unpaired) electrons. The lowest BCUT2D eigenvalue weighted by atomic mass is 9.82. The fourth-order valence-corrected chi connectivity index (χ4v) is 6.78. The van der Waals surface area contributed by atoms with Gasteiger partial charge in [0, 0.05) is 22.0 Å². The minimum Gasteiger partial charge on any atom is -0.481 e. The summed E-state index contributed by atoms with van der Waals surface area (Å²) in [7, 11) is -3.83. The summed E-state index contributed by atoms with van der Waals surface area (Å²) in [6.07, 6.45) is -0.235. The van der Waals surface area contributed by atoms with Gasteiger partial charge in [0.25, 0.3) is 0 Å². The molecule has 3 rings (SSSR count). The second-order valence-electron chi connectivity index (χ2n) is 7.58. The van der Waals surface area contributed by atoms with E-state index in [0.717, 1.165) is 11.1 Å². The predicted molar refractivity (Wildman–Crippen MR) is 115 cm³/mol. The van der Waals surface area contributed by atoms with Gasteiger partial charge in [-0.25, -0.2) is 8.42 Å². The van der Waals surface area contributed by atoms with Gasteiger partial charge in [0.15, 0.2) is 0 Å². The predicted octanol–water partition coefficient (Wildman–Crippen LogP) is 5.11. The normalized spacial score (nSPS) is 24.5. The third-order valence-corrected chi connectivity index (χ3v) is 8.21. The summed E-state index contributed by atoms with van der Waals surface area (Å²) >= 11 is 12.3. The lowest BCUT2D eigenvalue weighted by molar-refractivity contribution is -0.137. The zero-order chi connectivity index (χ0) is 21.3. The lowest BCUT2D eigenvalue weighted by Crippen LogP contribution is -2.52. The number of hydrogen-bond donors (Lipinski definition) is 1. The van der Waals surface area contributed by atoms with E-state index in [-0.39, 0.29) is 18.4 Å². The van der Waals surface area contributed by atoms with Crippen molar-refractivity contribution in [2.75, 3.05) is 0 Å². The highest BCUT2D eigenvalue weighted by Gasteiger charge is 2.49. The molecule has 156 valence electrons. The van der Waals surface area contributed by atoms with E-state index in [0.29, 0.717) is 10.0 Å². The fourth-order valence-electron chi connectivity index (χ4n) is 4.13. The topological polar surface area (TPSA) is 74.7 Å². The van der Waals surface area contributed by atoms with Gasteiger partial charge in [-0.05, 0) is 55.7 Å². The number of rotatable bonds is 5. The van der Waals surface area contributed by atoms with Crippen molar-refractivity contribution < 1.29 is 18.3 Å². The Labute approximate surface area is 181 Å². The summed E-state index contributed by atoms with van der Waals surface area (Å²) in [6.45, 7) is 3.61. The zero-order valence-corrected chi connectivity index (χ0v) is 18.5. The largest absolute Gasteiger partial charge is 0.481 e. The highest BCUT2D eigenvalue weighted by Crippen LogP contribution is 2.48. The molecule has 1 aliphatic heterocycles. The van der Waals surface area contributed by atoms with Crippen molar-refractivity contribution >= 4 is 39.2 Å². The van der Waals surface area contributed by atoms with Crippen LogP contribution in [-0.2, 0) is 14.8 Å². The summed E-state index contributed by atoms with van der Waals surface area (Å²) in [6, 6.07) is 13.6. The van der Waals surface area contributed by atoms with E-state index in [9.17, 15) is 18.3 Å². The van der Waals surface area contributed by atoms with Crippen LogP contribution in [0.3, 0.4) is 0 Å². The van der Waals surface area contributed by atoms with E-state index in [1.807, 2.05) is 30.3 Å². The quantitative estimate of drug-likeness (QED) is 0.679. The first-order chi connectivity index (χ1) is 13.6. The van der Waals surface area contributed by atoms with Gasteiger partial charge in [-0.15, -0.1) is 0 Å². The maximum atomic E-state index is 13.4. The van der Waals surface area contributed by atoms with Gasteiger partial charge in [-0.1, -0.05) is 47.5 Å². The van der Waals surface area contributed by atoms with Crippen LogP contribution < -0.4 is 0 Å². The Morgan fingerprint density at radius 1 is 1.10 bits per heavy atom. The van der Waals surface area contributed by atoms with Crippen LogP contribution in [-0.4, -0.2) is 35.1 Å². The average molecular weight is 456 g/mol. The van der Waals surface area contributed by atoms with E-state index in [4.69, 9.17) is 23.2 Å². The van der Waals surface area contributed by atoms with Gasteiger partial charge >= 0.3 is 5.97 Å². The van der Waals surface area contributed by atoms with E-state index in [1.165, 1.54) is 4.31 Å². The minimum atomic E-state index is -3.83. The highest BCUT2D eigenvalue weighted by atomic mass is 35.5. The summed E-state index contributed by atoms with van der Waals surface area (Å²) in [5.41, 5.74) is 1.69. The second kappa shape index (κ2) is 8.64. The number of carboxylic acids is 1. The first kappa shape index (κ1) is 22.1. The number of halogens is 2. The molecule has 8 heteroatoms. The van der Waals surface area contributed by atoms with Crippen molar-refractivity contribution in [1.29, 1.82) is 0 Å². The van der Waals surface area contributed by atoms with E-state index >= 15 is 0 Å². The number of carboxylic acid groups (broad SMARTS) is 1. The molecule has 5 nitrogen and oxygen atoms in total. The van der Waals surface area contributed by atoms with Crippen LogP contribution in [0.4, 0.5) is 0 Å². The molecule has 0 amide bonds. The Kier molecular flexibility index (Phi) is 6.58. The lowest BCUT2D eigenvalue weighted by Gasteiger charge is -2.46. The van der Waals surface area contributed by atoms with Crippen LogP contribution in [0.5, 0.6) is 0 Å². The molecule has 0 bridgehead atoms. The molecule has 1 N–H and O–H groups in total. The molecule has 0 saturated carbocycles. The number of sulfonamides is 1. The average Bonchev–Trinajstić information content (AvgIpc) is 2.62. The maximum absolute atomic E-state index is 13.4. The molecular weight excluding hydrogens is 433 g/mol. The molecule has 0 spiro atoms. The van der Waals surface area contributed by atoms with Crippen LogP contribution in [0.1, 0.15) is 49.8 Å². The Hall–Kier alpha value is -1.60. The summed E-state index contributed by atoms with van der Waals surface area (Å²) in [5, 5.41) is 9.43. The molecule has 29 heavy (non-hydrogen) atoms. The molecular formula is C21H23Cl2NO4S. The molecule has 1 heterocycles. The van der Waals surface area contributed by atoms with Gasteiger partial charge in [0.1, 0.15) is 0 Å². The van der Waals surface area contributed by atoms with E-state index in [1.54, 1.807) is 32.0 Å². The smallest absolute Gasteiger partial charge is 0.304 e. The zero-order valence-electron chi connectivity index (χ0n) is 16.1. The Morgan fingerprint density at radius 3 is 2.31 bits per heavy atom. The second-order valence-corrected chi connectivity index (χ2v) is 10.6. The molecule has 2 aromatic rings. The van der Waals surface area contributed by atoms with Crippen molar-refractivity contribution in [3.05, 3.63) is 69.7 Å². The van der Waals surface area contributed by atoms with Gasteiger partial charge in [0.2, 0.25) is 10.0 Å². The monoisotopic (exact) mass is 455 g/mol. The van der Waals surface area contributed by atoms with Crippen LogP contribution >= 0.6 is 23.2 Å². The molecule has 2 aromatic carbocycles. The Balaban J connectivity index is 2.20. The maximum Gasteiger partial charge on any atom is 0.304 e. The SMILES string of the molecule is CC(C)N1[C@H](c2ccc(Cl)cc2)[C@@H](c2cccc(Cl)c2)C[C@@H](CC(=O)O)S1(=O)=O. The van der Waals surface area contributed by atoms with Gasteiger partial charge in [-0.3, -0.25) is 4.79 Å². The highest BCUT2D eigenvalue weighted by molar-refractivity contribution is 7.89. The fraction of sp³-hybridized carbons (Fsp3) is 0.381. The minimum absolute atomic E-state index is 0.200. The van der Waals surface area contributed by atoms with Gasteiger partial charge in [0.05, 0.1) is 17.7 Å². The molecule has 0 aromatic heterocycles. The molecule has 1 fully saturated rings. The van der Waals surface area contributed by atoms with Crippen molar-refractivity contribution in [1.82, 2.24) is 4.31 Å². The third-order valence-electron chi connectivity index (χ3n) is 5.29. The van der Waals surface area contributed by atoms with E-state index < -0.39 is 33.7 Å². The standard InChI is InChI=1S/C21H23Cl2NO4S/c1-13(2)24-21(14-6-8-16(22)9-7-14)19(15-4-3-5-17(23)10-15)11-18(12-20(25)26)29(24,27)28/h3-10,13,18-19,21H,11-12H2,1-2H3,(H,25,26)/t18-,19+,21+/m0/s1. The first-order valence-corrected chi connectivity index (χ1v) is 11.6. The number of nitrogens with zero attached hydrogens (tertiary/aromatic N) is 1. The third kappa shape index (κ3) is 4.61. The van der Waals surface area contributed by atoms with E-state index in [2.05, 4.69) is 0 Å². The Morgan fingerprint density at radius 2 is 1.76 bits per heavy atom. The van der Waals surface area contributed by atoms with Crippen molar-refractivity contribution in [3.8, 4) is 0 Å². The van der Waals surface area contributed by atoms with Crippen LogP contribution in [0.2, 0.25) is 10.0 Å². The number of carbonyl (C=O) groups is 1. The number of hydrogen-bond acceptors (Lipinski definition) is 3. The van der Waals surface area contributed by atoms with Crippen LogP contribution in [0, 0.1) is 0 Å². The van der Waals surface area contributed by atoms with Crippen LogP contribution in [0.25, 0.3) is 0 Å². The van der Waals surface area contributed by atoms with Gasteiger partial charge in [-0.2, -0.15) is 4.31 Å². The number of benzene rings is 2. The number of aliphatic carboxylic acids is 1. The van der Waals surface area contributed by atoms with Gasteiger partial charge < -0.3 is 5.11 Å². The summed E-state index contributed by atoms with van der Waals surface area (Å²) in [4.78, 5) is 11.4.